The van der Waals surface area contributed by atoms with Gasteiger partial charge >= 0.3 is 0 Å². The van der Waals surface area contributed by atoms with Crippen LogP contribution in [-0.2, 0) is 7.05 Å². The molecule has 0 saturated heterocycles. The van der Waals surface area contributed by atoms with Crippen LogP contribution in [-0.4, -0.2) is 33.2 Å². The number of aryl methyl sites for hydroxylation is 1. The van der Waals surface area contributed by atoms with Crippen molar-refractivity contribution in [2.24, 2.45) is 17.8 Å². The number of aromatic nitrogens is 2. The summed E-state index contributed by atoms with van der Waals surface area (Å²) in [6.45, 7) is 2.89. The Kier molecular flexibility index (Phi) is 2.76. The predicted molar refractivity (Wildman–Crippen MR) is 71.3 cm³/mol. The van der Waals surface area contributed by atoms with E-state index in [0.29, 0.717) is 12.1 Å². The van der Waals surface area contributed by atoms with Crippen LogP contribution >= 0.6 is 0 Å². The summed E-state index contributed by atoms with van der Waals surface area (Å²) in [7, 11) is 1.98. The largest absolute Gasteiger partial charge is 0.370 e. The zero-order chi connectivity index (χ0) is 12.7. The van der Waals surface area contributed by atoms with Gasteiger partial charge in [0.1, 0.15) is 0 Å². The van der Waals surface area contributed by atoms with Gasteiger partial charge in [-0.25, -0.2) is 0 Å². The minimum absolute atomic E-state index is 0.293. The van der Waals surface area contributed by atoms with Gasteiger partial charge in [0.05, 0.1) is 18.8 Å². The Balaban J connectivity index is 1.90. The van der Waals surface area contributed by atoms with Crippen molar-refractivity contribution >= 4 is 5.96 Å². The highest BCUT2D eigenvalue weighted by Gasteiger charge is 2.35. The lowest BCUT2D eigenvalue weighted by atomic mass is 10.0. The van der Waals surface area contributed by atoms with E-state index in [1.165, 1.54) is 36.9 Å². The highest BCUT2D eigenvalue weighted by Crippen LogP contribution is 2.34. The summed E-state index contributed by atoms with van der Waals surface area (Å²) in [5, 5.41) is 4.35. The van der Waals surface area contributed by atoms with E-state index in [0.717, 1.165) is 12.5 Å². The van der Waals surface area contributed by atoms with E-state index in [1.54, 1.807) is 0 Å². The maximum absolute atomic E-state index is 6.09. The second kappa shape index (κ2) is 4.30. The lowest BCUT2D eigenvalue weighted by molar-refractivity contribution is 0.261. The molecule has 1 atom stereocenters. The molecule has 5 nitrogen and oxygen atoms in total. The summed E-state index contributed by atoms with van der Waals surface area (Å²) in [6.07, 6.45) is 7.08. The summed E-state index contributed by atoms with van der Waals surface area (Å²) < 4.78 is 1.93. The third-order valence-corrected chi connectivity index (χ3v) is 4.38. The molecule has 1 saturated carbocycles. The summed E-state index contributed by atoms with van der Waals surface area (Å²) in [4.78, 5) is 6.78. The molecule has 18 heavy (non-hydrogen) atoms. The second-order valence-electron chi connectivity index (χ2n) is 5.37. The summed E-state index contributed by atoms with van der Waals surface area (Å²) >= 11 is 0. The maximum Gasteiger partial charge on any atom is 0.192 e. The van der Waals surface area contributed by atoms with E-state index < -0.39 is 0 Å². The lowest BCUT2D eigenvalue weighted by Crippen LogP contribution is -2.42. The monoisotopic (exact) mass is 247 g/mol. The van der Waals surface area contributed by atoms with Crippen molar-refractivity contribution in [3.05, 3.63) is 17.5 Å². The highest BCUT2D eigenvalue weighted by molar-refractivity contribution is 5.80. The van der Waals surface area contributed by atoms with Gasteiger partial charge in [-0.05, 0) is 19.8 Å². The van der Waals surface area contributed by atoms with Gasteiger partial charge < -0.3 is 10.6 Å². The molecule has 2 N–H and O–H groups in total. The summed E-state index contributed by atoms with van der Waals surface area (Å²) in [6, 6.07) is 0.864. The fourth-order valence-corrected chi connectivity index (χ4v) is 3.22. The van der Waals surface area contributed by atoms with E-state index in [2.05, 4.69) is 21.9 Å². The molecule has 98 valence electrons. The predicted octanol–water partition coefficient (Wildman–Crippen LogP) is 1.34. The van der Waals surface area contributed by atoms with Crippen LogP contribution in [0.1, 0.15) is 43.0 Å². The molecule has 0 amide bonds. The molecular weight excluding hydrogens is 226 g/mol. The van der Waals surface area contributed by atoms with Gasteiger partial charge in [0.25, 0.3) is 0 Å². The number of guanidine groups is 1. The molecule has 1 aliphatic heterocycles. The van der Waals surface area contributed by atoms with Gasteiger partial charge in [0.2, 0.25) is 0 Å². The van der Waals surface area contributed by atoms with Crippen molar-refractivity contribution in [1.82, 2.24) is 14.7 Å². The minimum Gasteiger partial charge on any atom is -0.370 e. The normalized spacial score (nSPS) is 24.9. The fraction of sp³-hybridized carbons (Fsp3) is 0.692. The van der Waals surface area contributed by atoms with Crippen molar-refractivity contribution in [3.63, 3.8) is 0 Å². The summed E-state index contributed by atoms with van der Waals surface area (Å²) in [5.74, 6) is 0.718. The van der Waals surface area contributed by atoms with Crippen LogP contribution in [0, 0.1) is 6.92 Å². The Morgan fingerprint density at radius 2 is 2.06 bits per heavy atom. The van der Waals surface area contributed by atoms with Crippen molar-refractivity contribution in [3.8, 4) is 0 Å². The number of aliphatic imine (C=N–C) groups is 1. The number of hydrogen-bond donors (Lipinski definition) is 1. The third kappa shape index (κ3) is 1.69. The van der Waals surface area contributed by atoms with Crippen LogP contribution in [0.15, 0.2) is 11.2 Å². The topological polar surface area (TPSA) is 59.4 Å². The van der Waals surface area contributed by atoms with E-state index in [4.69, 9.17) is 5.73 Å². The van der Waals surface area contributed by atoms with Gasteiger partial charge in [0, 0.05) is 24.3 Å². The van der Waals surface area contributed by atoms with Gasteiger partial charge in [-0.15, -0.1) is 0 Å². The smallest absolute Gasteiger partial charge is 0.192 e. The van der Waals surface area contributed by atoms with Crippen molar-refractivity contribution < 1.29 is 0 Å². The first-order valence-corrected chi connectivity index (χ1v) is 6.75. The molecule has 2 heterocycles. The van der Waals surface area contributed by atoms with E-state index >= 15 is 0 Å². The second-order valence-corrected chi connectivity index (χ2v) is 5.37. The van der Waals surface area contributed by atoms with E-state index in [9.17, 15) is 0 Å². The molecule has 5 heteroatoms. The average Bonchev–Trinajstić information content (AvgIpc) is 3.03. The molecular formula is C13H21N5. The van der Waals surface area contributed by atoms with E-state index in [-0.39, 0.29) is 0 Å². The first-order valence-electron chi connectivity index (χ1n) is 6.75. The molecule has 0 bridgehead atoms. The van der Waals surface area contributed by atoms with Gasteiger partial charge in [-0.2, -0.15) is 5.10 Å². The van der Waals surface area contributed by atoms with Crippen LogP contribution in [0.4, 0.5) is 0 Å². The van der Waals surface area contributed by atoms with Crippen LogP contribution in [0.5, 0.6) is 0 Å². The van der Waals surface area contributed by atoms with Gasteiger partial charge in [-0.1, -0.05) is 12.8 Å². The molecule has 3 rings (SSSR count). The summed E-state index contributed by atoms with van der Waals surface area (Å²) in [5.41, 5.74) is 8.58. The molecule has 1 unspecified atom stereocenters. The highest BCUT2D eigenvalue weighted by atomic mass is 15.4. The molecule has 1 aromatic rings. The molecule has 0 aromatic carbocycles. The Labute approximate surface area is 108 Å². The SMILES string of the molecule is Cc1c(C2CN=C(N)N2C2CCCC2)cnn1C. The van der Waals surface area contributed by atoms with Gasteiger partial charge in [-0.3, -0.25) is 9.67 Å². The molecule has 2 aliphatic rings. The van der Waals surface area contributed by atoms with Crippen LogP contribution in [0.25, 0.3) is 0 Å². The molecule has 1 fully saturated rings. The number of nitrogens with zero attached hydrogens (tertiary/aromatic N) is 4. The quantitative estimate of drug-likeness (QED) is 0.858. The fourth-order valence-electron chi connectivity index (χ4n) is 3.22. The van der Waals surface area contributed by atoms with Gasteiger partial charge in [0.15, 0.2) is 5.96 Å². The number of rotatable bonds is 2. The Hall–Kier alpha value is -1.52. The van der Waals surface area contributed by atoms with Crippen molar-refractivity contribution in [1.29, 1.82) is 0 Å². The molecule has 0 radical (unpaired) electrons. The standard InChI is InChI=1S/C13H21N5/c1-9-11(7-16-17(9)2)12-8-15-13(14)18(12)10-5-3-4-6-10/h7,10,12H,3-6,8H2,1-2H3,(H2,14,15). The Morgan fingerprint density at radius 1 is 1.33 bits per heavy atom. The average molecular weight is 247 g/mol. The Bertz CT molecular complexity index is 470. The molecule has 1 aliphatic carbocycles. The number of hydrogen-bond acceptors (Lipinski definition) is 4. The van der Waals surface area contributed by atoms with Crippen LogP contribution < -0.4 is 5.73 Å². The zero-order valence-electron chi connectivity index (χ0n) is 11.1. The Morgan fingerprint density at radius 3 is 2.67 bits per heavy atom. The van der Waals surface area contributed by atoms with E-state index in [1.807, 2.05) is 17.9 Å². The van der Waals surface area contributed by atoms with Crippen molar-refractivity contribution in [2.75, 3.05) is 6.54 Å². The molecule has 1 aromatic heterocycles. The van der Waals surface area contributed by atoms with Crippen molar-refractivity contribution in [2.45, 2.75) is 44.7 Å². The lowest BCUT2D eigenvalue weighted by Gasteiger charge is -2.32. The first kappa shape index (κ1) is 11.6. The maximum atomic E-state index is 6.09. The van der Waals surface area contributed by atoms with Crippen LogP contribution in [0.2, 0.25) is 0 Å². The first-order chi connectivity index (χ1) is 8.68. The minimum atomic E-state index is 0.293. The molecule has 0 spiro atoms. The zero-order valence-corrected chi connectivity index (χ0v) is 11.1. The third-order valence-electron chi connectivity index (χ3n) is 4.38. The van der Waals surface area contributed by atoms with Crippen LogP contribution in [0.3, 0.4) is 0 Å². The number of nitrogens with two attached hydrogens (primary N) is 1.